The summed E-state index contributed by atoms with van der Waals surface area (Å²) in [5.74, 6) is 0.528. The zero-order valence-corrected chi connectivity index (χ0v) is 15.5. The van der Waals surface area contributed by atoms with E-state index in [1.165, 1.54) is 5.69 Å². The van der Waals surface area contributed by atoms with Crippen LogP contribution in [0.1, 0.15) is 11.5 Å². The molecule has 3 rings (SSSR count). The maximum atomic E-state index is 9.64. The van der Waals surface area contributed by atoms with E-state index in [0.29, 0.717) is 12.5 Å². The molecular formula is C20H25ClN4O. The molecule has 2 aromatic rings. The molecule has 0 bridgehead atoms. The molecule has 0 radical (unpaired) electrons. The van der Waals surface area contributed by atoms with Gasteiger partial charge in [-0.1, -0.05) is 41.9 Å². The van der Waals surface area contributed by atoms with Crippen LogP contribution in [0.25, 0.3) is 0 Å². The van der Waals surface area contributed by atoms with Gasteiger partial charge in [0.1, 0.15) is 0 Å². The summed E-state index contributed by atoms with van der Waals surface area (Å²) in [6.07, 6.45) is 0. The highest BCUT2D eigenvalue weighted by Crippen LogP contribution is 2.19. The summed E-state index contributed by atoms with van der Waals surface area (Å²) in [4.78, 5) is 8.95. The van der Waals surface area contributed by atoms with Crippen LogP contribution in [-0.2, 0) is 0 Å². The van der Waals surface area contributed by atoms with Gasteiger partial charge in [-0.3, -0.25) is 4.99 Å². The number of halogens is 1. The molecule has 138 valence electrons. The number of aliphatic imine (C=N–C) groups is 1. The number of aliphatic hydroxyl groups excluding tert-OH is 1. The third-order valence-electron chi connectivity index (χ3n) is 4.76. The van der Waals surface area contributed by atoms with E-state index in [-0.39, 0.29) is 12.5 Å². The molecule has 3 N–H and O–H groups in total. The van der Waals surface area contributed by atoms with Crippen LogP contribution in [0.4, 0.5) is 5.69 Å². The van der Waals surface area contributed by atoms with Gasteiger partial charge in [-0.05, 0) is 29.8 Å². The lowest BCUT2D eigenvalue weighted by atomic mass is 10.0. The Kier molecular flexibility index (Phi) is 6.36. The second-order valence-corrected chi connectivity index (χ2v) is 6.88. The van der Waals surface area contributed by atoms with Crippen LogP contribution in [-0.4, -0.2) is 55.3 Å². The molecule has 1 aliphatic heterocycles. The van der Waals surface area contributed by atoms with Crippen LogP contribution >= 0.6 is 11.6 Å². The van der Waals surface area contributed by atoms with Gasteiger partial charge in [0.05, 0.1) is 13.2 Å². The zero-order valence-electron chi connectivity index (χ0n) is 14.8. The van der Waals surface area contributed by atoms with Gasteiger partial charge in [0.2, 0.25) is 0 Å². The largest absolute Gasteiger partial charge is 0.396 e. The first-order chi connectivity index (χ1) is 12.7. The van der Waals surface area contributed by atoms with E-state index in [1.807, 2.05) is 54.6 Å². The molecule has 1 unspecified atom stereocenters. The summed E-state index contributed by atoms with van der Waals surface area (Å²) in [6.45, 7) is 3.98. The Hall–Kier alpha value is -2.24. The average Bonchev–Trinajstić information content (AvgIpc) is 2.70. The maximum Gasteiger partial charge on any atom is 0.191 e. The summed E-state index contributed by atoms with van der Waals surface area (Å²) >= 11 is 5.95. The lowest BCUT2D eigenvalue weighted by molar-refractivity contribution is 0.267. The van der Waals surface area contributed by atoms with E-state index in [0.717, 1.165) is 36.8 Å². The van der Waals surface area contributed by atoms with Crippen molar-refractivity contribution in [3.05, 3.63) is 65.2 Å². The van der Waals surface area contributed by atoms with Crippen LogP contribution in [0.3, 0.4) is 0 Å². The molecule has 1 saturated heterocycles. The fraction of sp³-hybridized carbons (Fsp3) is 0.350. The minimum absolute atomic E-state index is 0.0230. The van der Waals surface area contributed by atoms with Crippen molar-refractivity contribution in [3.63, 3.8) is 0 Å². The Labute approximate surface area is 159 Å². The van der Waals surface area contributed by atoms with Crippen LogP contribution < -0.4 is 10.6 Å². The van der Waals surface area contributed by atoms with E-state index >= 15 is 0 Å². The molecule has 0 aromatic heterocycles. The van der Waals surface area contributed by atoms with Gasteiger partial charge in [-0.15, -0.1) is 0 Å². The van der Waals surface area contributed by atoms with Gasteiger partial charge >= 0.3 is 0 Å². The Morgan fingerprint density at radius 2 is 1.69 bits per heavy atom. The van der Waals surface area contributed by atoms with E-state index in [1.54, 1.807) is 0 Å². The third-order valence-corrected chi connectivity index (χ3v) is 5.01. The second-order valence-electron chi connectivity index (χ2n) is 6.44. The van der Waals surface area contributed by atoms with Gasteiger partial charge in [0.25, 0.3) is 0 Å². The van der Waals surface area contributed by atoms with E-state index < -0.39 is 0 Å². The molecule has 1 atom stereocenters. The number of anilines is 1. The highest BCUT2D eigenvalue weighted by molar-refractivity contribution is 6.30. The normalized spacial score (nSPS) is 16.6. The van der Waals surface area contributed by atoms with Crippen molar-refractivity contribution >= 4 is 23.2 Å². The molecule has 1 heterocycles. The number of benzene rings is 2. The highest BCUT2D eigenvalue weighted by atomic mass is 35.5. The third kappa shape index (κ3) is 4.68. The van der Waals surface area contributed by atoms with Gasteiger partial charge in [-0.25, -0.2) is 0 Å². The molecule has 1 fully saturated rings. The predicted molar refractivity (Wildman–Crippen MR) is 108 cm³/mol. The molecule has 0 saturated carbocycles. The van der Waals surface area contributed by atoms with Crippen molar-refractivity contribution < 1.29 is 5.11 Å². The molecule has 2 aromatic carbocycles. The van der Waals surface area contributed by atoms with Gasteiger partial charge in [0.15, 0.2) is 5.96 Å². The monoisotopic (exact) mass is 372 g/mol. The first-order valence-corrected chi connectivity index (χ1v) is 9.26. The molecular weight excluding hydrogens is 348 g/mol. The quantitative estimate of drug-likeness (QED) is 0.625. The van der Waals surface area contributed by atoms with Crippen LogP contribution in [0, 0.1) is 0 Å². The summed E-state index contributed by atoms with van der Waals surface area (Å²) in [7, 11) is 0. The molecule has 5 nitrogen and oxygen atoms in total. The van der Waals surface area contributed by atoms with Crippen molar-refractivity contribution in [1.29, 1.82) is 0 Å². The van der Waals surface area contributed by atoms with Crippen molar-refractivity contribution in [2.24, 2.45) is 10.7 Å². The molecule has 0 amide bonds. The fourth-order valence-corrected chi connectivity index (χ4v) is 3.27. The number of guanidine groups is 1. The lowest BCUT2D eigenvalue weighted by Gasteiger charge is -2.36. The molecule has 1 aliphatic rings. The van der Waals surface area contributed by atoms with Gasteiger partial charge < -0.3 is 20.6 Å². The number of piperazine rings is 1. The SMILES string of the molecule is NC(=NCC(CO)c1ccccc1)N1CCN(c2ccc(Cl)cc2)CC1. The fourth-order valence-electron chi connectivity index (χ4n) is 3.14. The van der Waals surface area contributed by atoms with E-state index in [2.05, 4.69) is 14.8 Å². The van der Waals surface area contributed by atoms with E-state index in [9.17, 15) is 5.11 Å². The topological polar surface area (TPSA) is 65.1 Å². The summed E-state index contributed by atoms with van der Waals surface area (Å²) in [5.41, 5.74) is 8.45. The lowest BCUT2D eigenvalue weighted by Crippen LogP contribution is -2.51. The zero-order chi connectivity index (χ0) is 18.4. The van der Waals surface area contributed by atoms with Crippen molar-refractivity contribution in [2.75, 3.05) is 44.2 Å². The maximum absolute atomic E-state index is 9.64. The number of nitrogens with zero attached hydrogens (tertiary/aromatic N) is 3. The van der Waals surface area contributed by atoms with Gasteiger partial charge in [0, 0.05) is 42.8 Å². The number of hydrogen-bond acceptors (Lipinski definition) is 3. The first kappa shape index (κ1) is 18.5. The highest BCUT2D eigenvalue weighted by Gasteiger charge is 2.19. The predicted octanol–water partition coefficient (Wildman–Crippen LogP) is 2.55. The van der Waals surface area contributed by atoms with Crippen LogP contribution in [0.15, 0.2) is 59.6 Å². The number of nitrogens with two attached hydrogens (primary N) is 1. The Morgan fingerprint density at radius 1 is 1.04 bits per heavy atom. The molecule has 26 heavy (non-hydrogen) atoms. The first-order valence-electron chi connectivity index (χ1n) is 8.88. The van der Waals surface area contributed by atoms with Crippen LogP contribution in [0.2, 0.25) is 5.02 Å². The Bertz CT molecular complexity index is 712. The van der Waals surface area contributed by atoms with Crippen molar-refractivity contribution in [3.8, 4) is 0 Å². The molecule has 0 aliphatic carbocycles. The minimum Gasteiger partial charge on any atom is -0.396 e. The summed E-state index contributed by atoms with van der Waals surface area (Å²) < 4.78 is 0. The van der Waals surface area contributed by atoms with E-state index in [4.69, 9.17) is 17.3 Å². The van der Waals surface area contributed by atoms with Crippen molar-refractivity contribution in [1.82, 2.24) is 4.90 Å². The average molecular weight is 373 g/mol. The van der Waals surface area contributed by atoms with Crippen LogP contribution in [0.5, 0.6) is 0 Å². The minimum atomic E-state index is -0.0230. The summed E-state index contributed by atoms with van der Waals surface area (Å²) in [5, 5.41) is 10.4. The van der Waals surface area contributed by atoms with Crippen molar-refractivity contribution in [2.45, 2.75) is 5.92 Å². The molecule has 6 heteroatoms. The number of hydrogen-bond donors (Lipinski definition) is 2. The Morgan fingerprint density at radius 3 is 2.31 bits per heavy atom. The number of aliphatic hydroxyl groups is 1. The number of rotatable bonds is 5. The standard InChI is InChI=1S/C20H25ClN4O/c21-18-6-8-19(9-7-18)24-10-12-25(13-11-24)20(22)23-14-17(15-26)16-4-2-1-3-5-16/h1-9,17,26H,10-15H2,(H2,22,23). The van der Waals surface area contributed by atoms with Gasteiger partial charge in [-0.2, -0.15) is 0 Å². The summed E-state index contributed by atoms with van der Waals surface area (Å²) in [6, 6.07) is 17.9. The smallest absolute Gasteiger partial charge is 0.191 e. The second kappa shape index (κ2) is 8.92. The molecule has 0 spiro atoms. The Balaban J connectivity index is 1.55.